The Labute approximate surface area is 158 Å². The van der Waals surface area contributed by atoms with Crippen LogP contribution in [0.5, 0.6) is 0 Å². The third-order valence-electron chi connectivity index (χ3n) is 5.80. The highest BCUT2D eigenvalue weighted by Crippen LogP contribution is 2.37. The molecule has 2 aromatic rings. The van der Waals surface area contributed by atoms with E-state index in [4.69, 9.17) is 0 Å². The van der Waals surface area contributed by atoms with E-state index >= 15 is 0 Å². The van der Waals surface area contributed by atoms with Crippen molar-refractivity contribution in [3.63, 3.8) is 0 Å². The van der Waals surface area contributed by atoms with E-state index in [9.17, 15) is 14.3 Å². The van der Waals surface area contributed by atoms with Gasteiger partial charge in [-0.05, 0) is 44.0 Å². The van der Waals surface area contributed by atoms with Crippen molar-refractivity contribution in [3.8, 4) is 0 Å². The molecule has 0 radical (unpaired) electrons. The number of rotatable bonds is 3. The number of carbonyl (C=O) groups is 1. The number of halogens is 1. The summed E-state index contributed by atoms with van der Waals surface area (Å²) < 4.78 is 13.5. The maximum Gasteiger partial charge on any atom is 0.255 e. The summed E-state index contributed by atoms with van der Waals surface area (Å²) >= 11 is 0. The molecule has 2 fully saturated rings. The van der Waals surface area contributed by atoms with E-state index in [1.165, 1.54) is 12.3 Å². The van der Waals surface area contributed by atoms with Crippen molar-refractivity contribution in [1.82, 2.24) is 14.8 Å². The maximum atomic E-state index is 13.5. The Morgan fingerprint density at radius 2 is 1.89 bits per heavy atom. The van der Waals surface area contributed by atoms with Gasteiger partial charge >= 0.3 is 0 Å². The van der Waals surface area contributed by atoms with E-state index in [1.807, 2.05) is 30.3 Å². The summed E-state index contributed by atoms with van der Waals surface area (Å²) in [5.74, 6) is -0.754. The fourth-order valence-electron chi connectivity index (χ4n) is 4.35. The van der Waals surface area contributed by atoms with Crippen LogP contribution in [0.2, 0.25) is 0 Å². The highest BCUT2D eigenvalue weighted by atomic mass is 19.1. The summed E-state index contributed by atoms with van der Waals surface area (Å²) in [4.78, 5) is 20.7. The number of likely N-dealkylation sites (tertiary alicyclic amines) is 2. The number of hydrogen-bond donors (Lipinski definition) is 1. The minimum atomic E-state index is -0.997. The molecule has 2 aliphatic rings. The van der Waals surface area contributed by atoms with Crippen LogP contribution in [0.15, 0.2) is 48.8 Å². The predicted octanol–water partition coefficient (Wildman–Crippen LogP) is 2.42. The molecule has 27 heavy (non-hydrogen) atoms. The van der Waals surface area contributed by atoms with Crippen molar-refractivity contribution in [2.45, 2.75) is 30.9 Å². The first kappa shape index (κ1) is 18.1. The molecule has 2 atom stereocenters. The van der Waals surface area contributed by atoms with Gasteiger partial charge in [-0.25, -0.2) is 4.39 Å². The lowest BCUT2D eigenvalue weighted by molar-refractivity contribution is -0.0878. The molecule has 0 saturated carbocycles. The van der Waals surface area contributed by atoms with E-state index in [0.29, 0.717) is 19.5 Å². The van der Waals surface area contributed by atoms with Crippen LogP contribution in [0, 0.1) is 5.82 Å². The molecule has 0 spiro atoms. The number of piperidine rings is 1. The first-order valence-electron chi connectivity index (χ1n) is 9.50. The molecule has 0 bridgehead atoms. The third-order valence-corrected chi connectivity index (χ3v) is 5.80. The normalized spacial score (nSPS) is 26.3. The van der Waals surface area contributed by atoms with Gasteiger partial charge in [0.1, 0.15) is 11.4 Å². The Hall–Kier alpha value is -2.31. The monoisotopic (exact) mass is 369 g/mol. The van der Waals surface area contributed by atoms with Gasteiger partial charge in [-0.1, -0.05) is 30.3 Å². The summed E-state index contributed by atoms with van der Waals surface area (Å²) in [7, 11) is 0. The zero-order chi connectivity index (χ0) is 18.9. The number of amides is 1. The number of aromatic nitrogens is 1. The van der Waals surface area contributed by atoms with Gasteiger partial charge in [0.05, 0.1) is 17.8 Å². The van der Waals surface area contributed by atoms with Gasteiger partial charge in [0.15, 0.2) is 0 Å². The topological polar surface area (TPSA) is 56.7 Å². The van der Waals surface area contributed by atoms with Gasteiger partial charge < -0.3 is 10.0 Å². The molecule has 2 saturated heterocycles. The van der Waals surface area contributed by atoms with Gasteiger partial charge in [0, 0.05) is 19.3 Å². The zero-order valence-corrected chi connectivity index (χ0v) is 15.2. The van der Waals surface area contributed by atoms with Crippen LogP contribution in [0.1, 0.15) is 35.2 Å². The van der Waals surface area contributed by atoms with Gasteiger partial charge in [-0.2, -0.15) is 0 Å². The molecule has 142 valence electrons. The molecular weight excluding hydrogens is 345 g/mol. The lowest BCUT2D eigenvalue weighted by atomic mass is 9.79. The fourth-order valence-corrected chi connectivity index (χ4v) is 4.35. The van der Waals surface area contributed by atoms with Crippen LogP contribution < -0.4 is 0 Å². The first-order chi connectivity index (χ1) is 13.1. The van der Waals surface area contributed by atoms with Crippen LogP contribution in [0.25, 0.3) is 0 Å². The van der Waals surface area contributed by atoms with Crippen molar-refractivity contribution in [3.05, 3.63) is 65.7 Å². The molecule has 2 aliphatic heterocycles. The average Bonchev–Trinajstić information content (AvgIpc) is 3.23. The minimum absolute atomic E-state index is 0.179. The zero-order valence-electron chi connectivity index (χ0n) is 15.2. The van der Waals surface area contributed by atoms with Crippen LogP contribution in [0.3, 0.4) is 0 Å². The lowest BCUT2D eigenvalue weighted by Gasteiger charge is -2.48. The first-order valence-corrected chi connectivity index (χ1v) is 9.50. The lowest BCUT2D eigenvalue weighted by Crippen LogP contribution is -2.61. The molecule has 1 N–H and O–H groups in total. The standard InChI is InChI=1S/C21H24FN3O2/c22-18-12-16(13-23-14-18)20(26)25-11-8-21(27,17-6-2-1-3-7-17)19(15-25)24-9-4-5-10-24/h1-3,6-7,12-14,19,27H,4-5,8-11,15H2/t19-,21+/m1/s1. The third kappa shape index (κ3) is 3.47. The van der Waals surface area contributed by atoms with Crippen molar-refractivity contribution in [2.24, 2.45) is 0 Å². The number of pyridine rings is 1. The average molecular weight is 369 g/mol. The van der Waals surface area contributed by atoms with Crippen LogP contribution >= 0.6 is 0 Å². The Bertz CT molecular complexity index is 810. The van der Waals surface area contributed by atoms with E-state index < -0.39 is 11.4 Å². The summed E-state index contributed by atoms with van der Waals surface area (Å²) in [5, 5.41) is 11.6. The molecule has 6 heteroatoms. The van der Waals surface area contributed by atoms with Crippen molar-refractivity contribution < 1.29 is 14.3 Å². The second-order valence-electron chi connectivity index (χ2n) is 7.44. The number of hydrogen-bond acceptors (Lipinski definition) is 4. The van der Waals surface area contributed by atoms with Gasteiger partial charge in [-0.15, -0.1) is 0 Å². The second kappa shape index (κ2) is 7.37. The molecule has 0 aliphatic carbocycles. The molecule has 1 aromatic carbocycles. The Balaban J connectivity index is 1.62. The summed E-state index contributed by atoms with van der Waals surface area (Å²) in [6.07, 6.45) is 5.14. The molecule has 0 unspecified atom stereocenters. The Kier molecular flexibility index (Phi) is 4.93. The molecule has 4 rings (SSSR count). The summed E-state index contributed by atoms with van der Waals surface area (Å²) in [6.45, 7) is 2.68. The fraction of sp³-hybridized carbons (Fsp3) is 0.429. The molecular formula is C21H24FN3O2. The molecule has 5 nitrogen and oxygen atoms in total. The Morgan fingerprint density at radius 1 is 1.15 bits per heavy atom. The van der Waals surface area contributed by atoms with Crippen molar-refractivity contribution in [1.29, 1.82) is 0 Å². The Morgan fingerprint density at radius 3 is 2.59 bits per heavy atom. The van der Waals surface area contributed by atoms with Gasteiger partial charge in [0.25, 0.3) is 5.91 Å². The highest BCUT2D eigenvalue weighted by molar-refractivity contribution is 5.94. The number of benzene rings is 1. The van der Waals surface area contributed by atoms with Crippen molar-refractivity contribution >= 4 is 5.91 Å². The smallest absolute Gasteiger partial charge is 0.255 e. The van der Waals surface area contributed by atoms with E-state index in [2.05, 4.69) is 9.88 Å². The molecule has 3 heterocycles. The maximum absolute atomic E-state index is 13.5. The van der Waals surface area contributed by atoms with Crippen LogP contribution in [-0.4, -0.2) is 58.0 Å². The molecule has 1 amide bonds. The summed E-state index contributed by atoms with van der Waals surface area (Å²) in [6, 6.07) is 10.8. The highest BCUT2D eigenvalue weighted by Gasteiger charge is 2.47. The second-order valence-corrected chi connectivity index (χ2v) is 7.44. The predicted molar refractivity (Wildman–Crippen MR) is 99.6 cm³/mol. The van der Waals surface area contributed by atoms with E-state index in [-0.39, 0.29) is 17.5 Å². The quantitative estimate of drug-likeness (QED) is 0.903. The number of nitrogens with zero attached hydrogens (tertiary/aromatic N) is 3. The number of carbonyl (C=O) groups excluding carboxylic acids is 1. The van der Waals surface area contributed by atoms with Crippen molar-refractivity contribution in [2.75, 3.05) is 26.2 Å². The SMILES string of the molecule is O=C(c1cncc(F)c1)N1CC[C@](O)(c2ccccc2)[C@H](N2CCCC2)C1. The summed E-state index contributed by atoms with van der Waals surface area (Å²) in [5.41, 5.74) is 0.143. The van der Waals surface area contributed by atoms with E-state index in [1.54, 1.807) is 4.90 Å². The minimum Gasteiger partial charge on any atom is -0.383 e. The van der Waals surface area contributed by atoms with E-state index in [0.717, 1.165) is 37.7 Å². The molecule has 1 aromatic heterocycles. The number of aliphatic hydroxyl groups is 1. The van der Waals surface area contributed by atoms with Gasteiger partial charge in [-0.3, -0.25) is 14.7 Å². The van der Waals surface area contributed by atoms with Gasteiger partial charge in [0.2, 0.25) is 0 Å². The van der Waals surface area contributed by atoms with Crippen LogP contribution in [-0.2, 0) is 5.60 Å². The largest absolute Gasteiger partial charge is 0.383 e. The van der Waals surface area contributed by atoms with Crippen LogP contribution in [0.4, 0.5) is 4.39 Å².